The molecule has 5 nitrogen and oxygen atoms in total. The van der Waals surface area contributed by atoms with Gasteiger partial charge in [0.2, 0.25) is 6.10 Å². The molecule has 2 rings (SSSR count). The van der Waals surface area contributed by atoms with E-state index in [1.165, 1.54) is 0 Å². The van der Waals surface area contributed by atoms with Gasteiger partial charge in [0.1, 0.15) is 0 Å². The fraction of sp³-hybridized carbons (Fsp3) is 0.357. The zero-order chi connectivity index (χ0) is 14.5. The molecule has 1 fully saturated rings. The smallest absolute Gasteiger partial charge is 0.347 e. The average molecular weight is 297 g/mol. The van der Waals surface area contributed by atoms with Crippen LogP contribution >= 0.6 is 11.6 Å². The molecule has 1 aliphatic rings. The van der Waals surface area contributed by atoms with Crippen molar-refractivity contribution in [1.29, 1.82) is 0 Å². The van der Waals surface area contributed by atoms with E-state index in [-0.39, 0.29) is 25.2 Å². The SMILES string of the molecule is O=C(CCC(=O)c1ccc(Cl)cc1)OC1CCOC1=O. The molecule has 0 saturated carbocycles. The first kappa shape index (κ1) is 14.5. The molecule has 0 spiro atoms. The van der Waals surface area contributed by atoms with Crippen molar-refractivity contribution >= 4 is 29.3 Å². The summed E-state index contributed by atoms with van der Waals surface area (Å²) in [5, 5.41) is 0.542. The number of Topliss-reactive ketones (excluding diaryl/α,β-unsaturated/α-hetero) is 1. The summed E-state index contributed by atoms with van der Waals surface area (Å²) in [5.41, 5.74) is 0.488. The van der Waals surface area contributed by atoms with E-state index >= 15 is 0 Å². The predicted molar refractivity (Wildman–Crippen MR) is 70.5 cm³/mol. The minimum absolute atomic E-state index is 0.0300. The molecule has 0 bridgehead atoms. The Balaban J connectivity index is 1.79. The summed E-state index contributed by atoms with van der Waals surface area (Å²) in [6, 6.07) is 6.43. The van der Waals surface area contributed by atoms with Gasteiger partial charge in [0, 0.05) is 23.4 Å². The van der Waals surface area contributed by atoms with Crippen LogP contribution in [0.3, 0.4) is 0 Å². The maximum Gasteiger partial charge on any atom is 0.347 e. The third kappa shape index (κ3) is 3.81. The number of ether oxygens (including phenoxy) is 2. The van der Waals surface area contributed by atoms with Crippen molar-refractivity contribution in [3.05, 3.63) is 34.9 Å². The predicted octanol–water partition coefficient (Wildman–Crippen LogP) is 2.16. The van der Waals surface area contributed by atoms with Gasteiger partial charge in [0.05, 0.1) is 13.0 Å². The quantitative estimate of drug-likeness (QED) is 0.615. The van der Waals surface area contributed by atoms with Crippen LogP contribution in [-0.4, -0.2) is 30.4 Å². The molecule has 1 aromatic rings. The van der Waals surface area contributed by atoms with E-state index in [4.69, 9.17) is 16.3 Å². The van der Waals surface area contributed by atoms with Crippen LogP contribution in [0.25, 0.3) is 0 Å². The lowest BCUT2D eigenvalue weighted by atomic mass is 10.1. The van der Waals surface area contributed by atoms with E-state index < -0.39 is 18.0 Å². The molecular formula is C14H13ClO5. The summed E-state index contributed by atoms with van der Waals surface area (Å²) in [6.07, 6.45) is -0.489. The summed E-state index contributed by atoms with van der Waals surface area (Å²) in [6.45, 7) is 0.264. The Hall–Kier alpha value is -1.88. The summed E-state index contributed by atoms with van der Waals surface area (Å²) >= 11 is 5.72. The Morgan fingerprint density at radius 1 is 1.25 bits per heavy atom. The second-order valence-corrected chi connectivity index (χ2v) is 4.80. The van der Waals surface area contributed by atoms with Crippen LogP contribution in [0, 0.1) is 0 Å². The Kier molecular flexibility index (Phi) is 4.74. The molecule has 0 amide bonds. The Morgan fingerprint density at radius 3 is 2.55 bits per heavy atom. The van der Waals surface area contributed by atoms with Gasteiger partial charge in [-0.1, -0.05) is 11.6 Å². The molecule has 1 saturated heterocycles. The zero-order valence-corrected chi connectivity index (χ0v) is 11.4. The van der Waals surface area contributed by atoms with Gasteiger partial charge in [-0.2, -0.15) is 0 Å². The maximum absolute atomic E-state index is 11.8. The molecule has 1 heterocycles. The van der Waals surface area contributed by atoms with Crippen molar-refractivity contribution in [2.45, 2.75) is 25.4 Å². The van der Waals surface area contributed by atoms with Crippen molar-refractivity contribution in [3.8, 4) is 0 Å². The largest absolute Gasteiger partial charge is 0.463 e. The molecule has 6 heteroatoms. The molecule has 1 aliphatic heterocycles. The van der Waals surface area contributed by atoms with Gasteiger partial charge in [-0.3, -0.25) is 9.59 Å². The van der Waals surface area contributed by atoms with Crippen LogP contribution in [0.15, 0.2) is 24.3 Å². The molecule has 1 aromatic carbocycles. The van der Waals surface area contributed by atoms with Crippen molar-refractivity contribution < 1.29 is 23.9 Å². The fourth-order valence-electron chi connectivity index (χ4n) is 1.80. The average Bonchev–Trinajstić information content (AvgIpc) is 2.82. The normalized spacial score (nSPS) is 17.6. The molecule has 1 atom stereocenters. The van der Waals surface area contributed by atoms with Gasteiger partial charge in [0.15, 0.2) is 5.78 Å². The molecule has 20 heavy (non-hydrogen) atoms. The number of carbonyl (C=O) groups excluding carboxylic acids is 3. The number of cyclic esters (lactones) is 1. The number of benzene rings is 1. The van der Waals surface area contributed by atoms with Crippen LogP contribution in [0.1, 0.15) is 29.6 Å². The van der Waals surface area contributed by atoms with E-state index in [1.54, 1.807) is 24.3 Å². The monoisotopic (exact) mass is 296 g/mol. The summed E-state index contributed by atoms with van der Waals surface area (Å²) in [4.78, 5) is 34.5. The van der Waals surface area contributed by atoms with E-state index in [0.717, 1.165) is 0 Å². The van der Waals surface area contributed by atoms with Crippen LogP contribution < -0.4 is 0 Å². The standard InChI is InChI=1S/C14H13ClO5/c15-10-3-1-9(2-4-10)11(16)5-6-13(17)20-12-7-8-19-14(12)18/h1-4,12H,5-8H2. The van der Waals surface area contributed by atoms with Gasteiger partial charge in [-0.15, -0.1) is 0 Å². The highest BCUT2D eigenvalue weighted by Gasteiger charge is 2.30. The second-order valence-electron chi connectivity index (χ2n) is 4.36. The number of esters is 2. The maximum atomic E-state index is 11.8. The third-order valence-electron chi connectivity index (χ3n) is 2.88. The first-order valence-corrected chi connectivity index (χ1v) is 6.59. The van der Waals surface area contributed by atoms with Crippen molar-refractivity contribution in [3.63, 3.8) is 0 Å². The first-order valence-electron chi connectivity index (χ1n) is 6.21. The minimum Gasteiger partial charge on any atom is -0.463 e. The molecule has 0 aromatic heterocycles. The molecule has 0 radical (unpaired) electrons. The molecule has 106 valence electrons. The summed E-state index contributed by atoms with van der Waals surface area (Å²) in [7, 11) is 0. The lowest BCUT2D eigenvalue weighted by Crippen LogP contribution is -2.22. The van der Waals surface area contributed by atoms with Gasteiger partial charge in [-0.05, 0) is 24.3 Å². The second kappa shape index (κ2) is 6.52. The van der Waals surface area contributed by atoms with Gasteiger partial charge in [-0.25, -0.2) is 4.79 Å². The zero-order valence-electron chi connectivity index (χ0n) is 10.6. The Morgan fingerprint density at radius 2 is 1.95 bits per heavy atom. The summed E-state index contributed by atoms with van der Waals surface area (Å²) in [5.74, 6) is -1.27. The first-order chi connectivity index (χ1) is 9.56. The Bertz CT molecular complexity index is 523. The van der Waals surface area contributed by atoms with E-state index in [1.807, 2.05) is 0 Å². The van der Waals surface area contributed by atoms with Crippen LogP contribution in [0.2, 0.25) is 5.02 Å². The number of ketones is 1. The van der Waals surface area contributed by atoms with Crippen LogP contribution in [0.5, 0.6) is 0 Å². The highest BCUT2D eigenvalue weighted by Crippen LogP contribution is 2.14. The van der Waals surface area contributed by atoms with Gasteiger partial charge >= 0.3 is 11.9 Å². The van der Waals surface area contributed by atoms with Crippen molar-refractivity contribution in [2.75, 3.05) is 6.61 Å². The number of halogens is 1. The van der Waals surface area contributed by atoms with E-state index in [0.29, 0.717) is 17.0 Å². The number of hydrogen-bond donors (Lipinski definition) is 0. The molecular weight excluding hydrogens is 284 g/mol. The minimum atomic E-state index is -0.826. The lowest BCUT2D eigenvalue weighted by molar-refractivity contribution is -0.160. The molecule has 0 N–H and O–H groups in total. The number of rotatable bonds is 5. The van der Waals surface area contributed by atoms with Crippen molar-refractivity contribution in [1.82, 2.24) is 0 Å². The Labute approximate surface area is 120 Å². The number of carbonyl (C=O) groups is 3. The van der Waals surface area contributed by atoms with Crippen molar-refractivity contribution in [2.24, 2.45) is 0 Å². The fourth-order valence-corrected chi connectivity index (χ4v) is 1.92. The molecule has 1 unspecified atom stereocenters. The number of hydrogen-bond acceptors (Lipinski definition) is 5. The van der Waals surface area contributed by atoms with Gasteiger partial charge < -0.3 is 9.47 Å². The molecule has 0 aliphatic carbocycles. The van der Waals surface area contributed by atoms with Crippen LogP contribution in [0.4, 0.5) is 0 Å². The highest BCUT2D eigenvalue weighted by molar-refractivity contribution is 6.30. The van der Waals surface area contributed by atoms with E-state index in [2.05, 4.69) is 4.74 Å². The van der Waals surface area contributed by atoms with Crippen LogP contribution in [-0.2, 0) is 19.1 Å². The third-order valence-corrected chi connectivity index (χ3v) is 3.14. The topological polar surface area (TPSA) is 69.7 Å². The van der Waals surface area contributed by atoms with E-state index in [9.17, 15) is 14.4 Å². The van der Waals surface area contributed by atoms with Gasteiger partial charge in [0.25, 0.3) is 0 Å². The highest BCUT2D eigenvalue weighted by atomic mass is 35.5. The lowest BCUT2D eigenvalue weighted by Gasteiger charge is -2.07. The summed E-state index contributed by atoms with van der Waals surface area (Å²) < 4.78 is 9.62.